The second kappa shape index (κ2) is 8.45. The van der Waals surface area contributed by atoms with Gasteiger partial charge in [-0.1, -0.05) is 19.3 Å². The molecule has 3 rings (SSSR count). The molecule has 2 aromatic heterocycles. The highest BCUT2D eigenvalue weighted by Crippen LogP contribution is 2.36. The summed E-state index contributed by atoms with van der Waals surface area (Å²) in [5.74, 6) is 1.37. The summed E-state index contributed by atoms with van der Waals surface area (Å²) in [7, 11) is 1.88. The van der Waals surface area contributed by atoms with Crippen molar-refractivity contribution in [1.82, 2.24) is 9.47 Å². The van der Waals surface area contributed by atoms with E-state index in [9.17, 15) is 10.1 Å². The van der Waals surface area contributed by atoms with E-state index in [0.717, 1.165) is 29.9 Å². The first kappa shape index (κ1) is 19.2. The third-order valence-corrected chi connectivity index (χ3v) is 5.49. The van der Waals surface area contributed by atoms with Gasteiger partial charge in [-0.2, -0.15) is 5.26 Å². The molecular formula is C21H28N4O2. The Balaban J connectivity index is 1.77. The Morgan fingerprint density at radius 1 is 1.37 bits per heavy atom. The van der Waals surface area contributed by atoms with Crippen LogP contribution in [0.2, 0.25) is 0 Å². The SMILES string of the molecule is Cc1c(C#N)c(NC(=O)CN(C)Cc2ccco2)n(C2CCCCC2)c1C. The second-order valence-electron chi connectivity index (χ2n) is 7.51. The number of carbonyl (C=O) groups excluding carboxylic acids is 1. The Kier molecular flexibility index (Phi) is 6.02. The lowest BCUT2D eigenvalue weighted by Crippen LogP contribution is -2.31. The third-order valence-electron chi connectivity index (χ3n) is 5.49. The monoisotopic (exact) mass is 368 g/mol. The molecule has 1 aliphatic rings. The number of nitriles is 1. The van der Waals surface area contributed by atoms with Crippen LogP contribution in [0.5, 0.6) is 0 Å². The van der Waals surface area contributed by atoms with Crippen LogP contribution < -0.4 is 5.32 Å². The number of carbonyl (C=O) groups is 1. The maximum atomic E-state index is 12.7. The van der Waals surface area contributed by atoms with E-state index in [2.05, 4.69) is 16.0 Å². The number of rotatable bonds is 6. The Labute approximate surface area is 160 Å². The number of hydrogen-bond acceptors (Lipinski definition) is 4. The van der Waals surface area contributed by atoms with Gasteiger partial charge >= 0.3 is 0 Å². The van der Waals surface area contributed by atoms with Gasteiger partial charge in [0.05, 0.1) is 24.9 Å². The van der Waals surface area contributed by atoms with Crippen molar-refractivity contribution in [1.29, 1.82) is 5.26 Å². The largest absolute Gasteiger partial charge is 0.468 e. The molecule has 6 heteroatoms. The highest BCUT2D eigenvalue weighted by atomic mass is 16.3. The van der Waals surface area contributed by atoms with E-state index in [1.54, 1.807) is 6.26 Å². The molecule has 2 aromatic rings. The number of aromatic nitrogens is 1. The predicted molar refractivity (Wildman–Crippen MR) is 104 cm³/mol. The van der Waals surface area contributed by atoms with E-state index in [1.807, 2.05) is 37.9 Å². The lowest BCUT2D eigenvalue weighted by Gasteiger charge is -2.27. The van der Waals surface area contributed by atoms with E-state index in [-0.39, 0.29) is 12.5 Å². The molecular weight excluding hydrogens is 340 g/mol. The number of anilines is 1. The van der Waals surface area contributed by atoms with Crippen LogP contribution >= 0.6 is 0 Å². The molecule has 144 valence electrons. The summed E-state index contributed by atoms with van der Waals surface area (Å²) in [4.78, 5) is 14.6. The van der Waals surface area contributed by atoms with Crippen LogP contribution in [0.3, 0.4) is 0 Å². The van der Waals surface area contributed by atoms with Crippen molar-refractivity contribution < 1.29 is 9.21 Å². The Hall–Kier alpha value is -2.52. The molecule has 1 fully saturated rings. The quantitative estimate of drug-likeness (QED) is 0.831. The van der Waals surface area contributed by atoms with Crippen LogP contribution in [-0.2, 0) is 11.3 Å². The topological polar surface area (TPSA) is 74.2 Å². The molecule has 2 heterocycles. The van der Waals surface area contributed by atoms with Crippen LogP contribution in [0.15, 0.2) is 22.8 Å². The summed E-state index contributed by atoms with van der Waals surface area (Å²) in [6.07, 6.45) is 7.48. The van der Waals surface area contributed by atoms with E-state index >= 15 is 0 Å². The molecule has 0 spiro atoms. The maximum Gasteiger partial charge on any atom is 0.239 e. The van der Waals surface area contributed by atoms with Crippen molar-refractivity contribution in [3.8, 4) is 6.07 Å². The number of furan rings is 1. The zero-order valence-electron chi connectivity index (χ0n) is 16.4. The molecule has 1 saturated carbocycles. The maximum absolute atomic E-state index is 12.7. The van der Waals surface area contributed by atoms with Gasteiger partial charge in [0.25, 0.3) is 0 Å². The van der Waals surface area contributed by atoms with Crippen molar-refractivity contribution >= 4 is 11.7 Å². The minimum Gasteiger partial charge on any atom is -0.468 e. The molecule has 0 radical (unpaired) electrons. The fraction of sp³-hybridized carbons (Fsp3) is 0.524. The van der Waals surface area contributed by atoms with Gasteiger partial charge in [0.15, 0.2) is 0 Å². The highest BCUT2D eigenvalue weighted by Gasteiger charge is 2.26. The number of hydrogen-bond donors (Lipinski definition) is 1. The molecule has 1 aliphatic carbocycles. The summed E-state index contributed by atoms with van der Waals surface area (Å²) in [5, 5.41) is 12.7. The Morgan fingerprint density at radius 2 is 2.11 bits per heavy atom. The Morgan fingerprint density at radius 3 is 2.74 bits per heavy atom. The first-order valence-electron chi connectivity index (χ1n) is 9.63. The van der Waals surface area contributed by atoms with Gasteiger partial charge in [0, 0.05) is 11.7 Å². The van der Waals surface area contributed by atoms with Gasteiger partial charge in [-0.15, -0.1) is 0 Å². The molecule has 0 atom stereocenters. The average molecular weight is 368 g/mol. The summed E-state index contributed by atoms with van der Waals surface area (Å²) < 4.78 is 7.53. The lowest BCUT2D eigenvalue weighted by atomic mass is 9.95. The van der Waals surface area contributed by atoms with E-state index in [1.165, 1.54) is 19.3 Å². The van der Waals surface area contributed by atoms with E-state index in [0.29, 0.717) is 24.0 Å². The molecule has 6 nitrogen and oxygen atoms in total. The Bertz CT molecular complexity index is 823. The number of likely N-dealkylation sites (N-methyl/N-ethyl adjacent to an activating group) is 1. The molecule has 1 amide bonds. The molecule has 0 unspecified atom stereocenters. The minimum absolute atomic E-state index is 0.116. The molecule has 0 saturated heterocycles. The lowest BCUT2D eigenvalue weighted by molar-refractivity contribution is -0.117. The molecule has 0 bridgehead atoms. The zero-order chi connectivity index (χ0) is 19.4. The van der Waals surface area contributed by atoms with Crippen LogP contribution in [0.1, 0.15) is 60.7 Å². The first-order valence-corrected chi connectivity index (χ1v) is 9.63. The fourth-order valence-electron chi connectivity index (χ4n) is 4.02. The van der Waals surface area contributed by atoms with Gasteiger partial charge in [-0.25, -0.2) is 0 Å². The first-order chi connectivity index (χ1) is 13.0. The van der Waals surface area contributed by atoms with Gasteiger partial charge in [-0.3, -0.25) is 9.69 Å². The number of amides is 1. The van der Waals surface area contributed by atoms with Gasteiger partial charge in [0.2, 0.25) is 5.91 Å². The predicted octanol–water partition coefficient (Wildman–Crippen LogP) is 4.15. The number of nitrogens with zero attached hydrogens (tertiary/aromatic N) is 3. The van der Waals surface area contributed by atoms with Crippen molar-refractivity contribution in [2.24, 2.45) is 0 Å². The highest BCUT2D eigenvalue weighted by molar-refractivity contribution is 5.93. The number of nitrogens with one attached hydrogen (secondary N) is 1. The standard InChI is InChI=1S/C21H28N4O2/c1-15-16(2)25(17-8-5-4-6-9-17)21(19(15)12-22)23-20(26)14-24(3)13-18-10-7-11-27-18/h7,10-11,17H,4-6,8-9,13-14H2,1-3H3,(H,23,26). The molecule has 27 heavy (non-hydrogen) atoms. The zero-order valence-corrected chi connectivity index (χ0v) is 16.4. The van der Waals surface area contributed by atoms with Crippen LogP contribution in [-0.4, -0.2) is 29.0 Å². The smallest absolute Gasteiger partial charge is 0.239 e. The fourth-order valence-corrected chi connectivity index (χ4v) is 4.02. The van der Waals surface area contributed by atoms with Gasteiger partial charge in [-0.05, 0) is 51.4 Å². The van der Waals surface area contributed by atoms with Crippen molar-refractivity contribution in [3.63, 3.8) is 0 Å². The van der Waals surface area contributed by atoms with E-state index < -0.39 is 0 Å². The molecule has 0 aliphatic heterocycles. The van der Waals surface area contributed by atoms with Crippen molar-refractivity contribution in [2.45, 2.75) is 58.5 Å². The summed E-state index contributed by atoms with van der Waals surface area (Å²) in [6, 6.07) is 6.38. The van der Waals surface area contributed by atoms with Crippen LogP contribution in [0.4, 0.5) is 5.82 Å². The van der Waals surface area contributed by atoms with Gasteiger partial charge in [0.1, 0.15) is 17.6 Å². The third kappa shape index (κ3) is 4.25. The molecule has 0 aromatic carbocycles. The summed E-state index contributed by atoms with van der Waals surface area (Å²) in [5.41, 5.74) is 2.63. The van der Waals surface area contributed by atoms with Crippen LogP contribution in [0, 0.1) is 25.2 Å². The second-order valence-corrected chi connectivity index (χ2v) is 7.51. The molecule has 1 N–H and O–H groups in total. The summed E-state index contributed by atoms with van der Waals surface area (Å²) >= 11 is 0. The average Bonchev–Trinajstić information content (AvgIpc) is 3.22. The van der Waals surface area contributed by atoms with Crippen molar-refractivity contribution in [3.05, 3.63) is 41.0 Å². The van der Waals surface area contributed by atoms with Gasteiger partial charge < -0.3 is 14.3 Å². The normalized spacial score (nSPS) is 15.1. The van der Waals surface area contributed by atoms with Crippen LogP contribution in [0.25, 0.3) is 0 Å². The summed E-state index contributed by atoms with van der Waals surface area (Å²) in [6.45, 7) is 4.81. The van der Waals surface area contributed by atoms with Crippen molar-refractivity contribution in [2.75, 3.05) is 18.9 Å². The minimum atomic E-state index is -0.116. The van der Waals surface area contributed by atoms with E-state index in [4.69, 9.17) is 4.42 Å².